The Morgan fingerprint density at radius 1 is 0.758 bits per heavy atom. The number of nitrogens with zero attached hydrogens (tertiary/aromatic N) is 2. The van der Waals surface area contributed by atoms with Crippen LogP contribution in [0.4, 0.5) is 5.69 Å². The molecule has 3 aromatic carbocycles. The van der Waals surface area contributed by atoms with Crippen molar-refractivity contribution >= 4 is 50.1 Å². The Kier molecular flexibility index (Phi) is 4.66. The summed E-state index contributed by atoms with van der Waals surface area (Å²) in [7, 11) is 2.14. The van der Waals surface area contributed by atoms with Crippen molar-refractivity contribution < 1.29 is 9.59 Å². The second-order valence-corrected chi connectivity index (χ2v) is 9.03. The summed E-state index contributed by atoms with van der Waals surface area (Å²) in [4.78, 5) is 34.4. The molecule has 0 unspecified atom stereocenters. The number of allylic oxidation sites excluding steroid dienone is 2. The Morgan fingerprint density at radius 3 is 2.21 bits per heavy atom. The molecule has 4 aromatic rings. The van der Waals surface area contributed by atoms with Crippen LogP contribution in [0.2, 0.25) is 0 Å². The molecule has 5 heteroatoms. The van der Waals surface area contributed by atoms with Crippen molar-refractivity contribution in [3.05, 3.63) is 78.0 Å². The van der Waals surface area contributed by atoms with Gasteiger partial charge in [-0.1, -0.05) is 42.5 Å². The minimum atomic E-state index is -0.103. The number of likely N-dealkylation sites (N-methyl/N-ethyl adjacent to an activating group) is 1. The Balaban J connectivity index is 1.60. The maximum atomic E-state index is 13.3. The third-order valence-electron chi connectivity index (χ3n) is 6.97. The lowest BCUT2D eigenvalue weighted by Gasteiger charge is -2.34. The smallest absolute Gasteiger partial charge is 0.172 e. The first-order valence-electron chi connectivity index (χ1n) is 11.4. The number of aromatic nitrogens is 1. The summed E-state index contributed by atoms with van der Waals surface area (Å²) < 4.78 is 0. The van der Waals surface area contributed by atoms with Crippen LogP contribution in [0.3, 0.4) is 0 Å². The third-order valence-corrected chi connectivity index (χ3v) is 6.97. The first-order chi connectivity index (χ1) is 16.1. The first kappa shape index (κ1) is 19.9. The number of fused-ring (bicyclic) bond motifs is 2. The van der Waals surface area contributed by atoms with E-state index in [9.17, 15) is 9.59 Å². The molecule has 0 amide bonds. The van der Waals surface area contributed by atoms with Crippen LogP contribution >= 0.6 is 0 Å². The molecule has 2 heterocycles. The van der Waals surface area contributed by atoms with Crippen LogP contribution < -0.4 is 4.90 Å². The highest BCUT2D eigenvalue weighted by Crippen LogP contribution is 2.41. The first-order valence-corrected chi connectivity index (χ1v) is 11.4. The van der Waals surface area contributed by atoms with E-state index >= 15 is 0 Å². The van der Waals surface area contributed by atoms with Crippen LogP contribution in [0, 0.1) is 0 Å². The summed E-state index contributed by atoms with van der Waals surface area (Å²) in [5.41, 5.74) is 4.83. The summed E-state index contributed by atoms with van der Waals surface area (Å²) in [6, 6.07) is 20.4. The molecule has 6 rings (SSSR count). The predicted molar refractivity (Wildman–Crippen MR) is 133 cm³/mol. The molecule has 0 atom stereocenters. The largest absolute Gasteiger partial charge is 0.369 e. The average molecular weight is 436 g/mol. The fourth-order valence-corrected chi connectivity index (χ4v) is 5.20. The highest BCUT2D eigenvalue weighted by atomic mass is 16.2. The summed E-state index contributed by atoms with van der Waals surface area (Å²) in [5, 5.41) is 3.06. The molecule has 0 radical (unpaired) electrons. The zero-order valence-corrected chi connectivity index (χ0v) is 18.6. The van der Waals surface area contributed by atoms with Gasteiger partial charge < -0.3 is 14.8 Å². The van der Waals surface area contributed by atoms with Gasteiger partial charge in [-0.25, -0.2) is 0 Å². The van der Waals surface area contributed by atoms with Crippen molar-refractivity contribution in [1.82, 2.24) is 9.88 Å². The number of carbonyl (C=O) groups is 2. The van der Waals surface area contributed by atoms with Gasteiger partial charge in [0.25, 0.3) is 0 Å². The van der Waals surface area contributed by atoms with Gasteiger partial charge in [0.15, 0.2) is 11.6 Å². The number of benzene rings is 3. The van der Waals surface area contributed by atoms with E-state index in [1.807, 2.05) is 48.7 Å². The second-order valence-electron chi connectivity index (χ2n) is 9.03. The van der Waals surface area contributed by atoms with Crippen LogP contribution in [0.25, 0.3) is 32.8 Å². The quantitative estimate of drug-likeness (QED) is 0.481. The van der Waals surface area contributed by atoms with Crippen LogP contribution in [0.15, 0.2) is 66.9 Å². The average Bonchev–Trinajstić information content (AvgIpc) is 3.38. The minimum absolute atomic E-state index is 0.0722. The molecule has 2 aliphatic rings. The van der Waals surface area contributed by atoms with Crippen molar-refractivity contribution in [1.29, 1.82) is 0 Å². The number of carbonyl (C=O) groups excluding carboxylic acids is 2. The molecule has 1 aliphatic heterocycles. The van der Waals surface area contributed by atoms with Gasteiger partial charge in [0.1, 0.15) is 0 Å². The summed E-state index contributed by atoms with van der Waals surface area (Å²) in [6.45, 7) is 3.89. The number of nitrogens with one attached hydrogen (secondary N) is 1. The molecule has 0 spiro atoms. The lowest BCUT2D eigenvalue weighted by atomic mass is 9.91. The Bertz CT molecular complexity index is 1450. The molecule has 1 saturated heterocycles. The van der Waals surface area contributed by atoms with Crippen LogP contribution in [0.5, 0.6) is 0 Å². The van der Waals surface area contributed by atoms with E-state index in [1.54, 1.807) is 0 Å². The normalized spacial score (nSPS) is 17.7. The number of rotatable bonds is 3. The molecule has 33 heavy (non-hydrogen) atoms. The van der Waals surface area contributed by atoms with Gasteiger partial charge in [-0.3, -0.25) is 9.59 Å². The number of H-pyrrole nitrogens is 1. The highest BCUT2D eigenvalue weighted by Gasteiger charge is 2.34. The molecular formula is C28H25N3O2. The molecule has 164 valence electrons. The van der Waals surface area contributed by atoms with E-state index in [1.165, 1.54) is 0 Å². The third kappa shape index (κ3) is 3.28. The summed E-state index contributed by atoms with van der Waals surface area (Å²) in [5.74, 6) is -0.199. The number of ketones is 2. The Hall–Kier alpha value is -3.70. The predicted octanol–water partition coefficient (Wildman–Crippen LogP) is 4.53. The SMILES string of the molecule is CN1CCN(c2cc(C3=C(c4c[nH]c5ccccc45)C(=O)CC3=O)c3ccccc3c2)CC1. The van der Waals surface area contributed by atoms with Gasteiger partial charge in [-0.05, 0) is 41.6 Å². The van der Waals surface area contributed by atoms with Crippen molar-refractivity contribution in [2.75, 3.05) is 38.1 Å². The van der Waals surface area contributed by atoms with E-state index in [0.717, 1.165) is 64.7 Å². The van der Waals surface area contributed by atoms with Crippen LogP contribution in [-0.2, 0) is 9.59 Å². The molecule has 1 N–H and O–H groups in total. The highest BCUT2D eigenvalue weighted by molar-refractivity contribution is 6.52. The molecular weight excluding hydrogens is 410 g/mol. The van der Waals surface area contributed by atoms with E-state index in [-0.39, 0.29) is 18.0 Å². The lowest BCUT2D eigenvalue weighted by Crippen LogP contribution is -2.44. The Labute approximate surface area is 192 Å². The maximum Gasteiger partial charge on any atom is 0.172 e. The van der Waals surface area contributed by atoms with E-state index in [0.29, 0.717) is 11.1 Å². The Morgan fingerprint density at radius 2 is 1.42 bits per heavy atom. The molecule has 1 aromatic heterocycles. The standard InChI is InChI=1S/C28H25N3O2/c1-30-10-12-31(13-11-30)19-14-18-6-2-3-7-20(18)22(15-19)27-25(32)16-26(33)28(27)23-17-29-24-9-5-4-8-21(23)24/h2-9,14-15,17,29H,10-13,16H2,1H3. The van der Waals surface area contributed by atoms with Gasteiger partial charge in [-0.2, -0.15) is 0 Å². The molecule has 5 nitrogen and oxygen atoms in total. The molecule has 0 saturated carbocycles. The number of para-hydroxylation sites is 1. The summed E-state index contributed by atoms with van der Waals surface area (Å²) >= 11 is 0. The van der Waals surface area contributed by atoms with Gasteiger partial charge in [-0.15, -0.1) is 0 Å². The second kappa shape index (κ2) is 7.71. The molecule has 1 fully saturated rings. The van der Waals surface area contributed by atoms with Crippen LogP contribution in [-0.4, -0.2) is 54.7 Å². The number of hydrogen-bond acceptors (Lipinski definition) is 4. The molecule has 0 bridgehead atoms. The number of Topliss-reactive ketones (excluding diaryl/α,β-unsaturated/α-hetero) is 2. The van der Waals surface area contributed by atoms with Gasteiger partial charge >= 0.3 is 0 Å². The number of anilines is 1. The lowest BCUT2D eigenvalue weighted by molar-refractivity contribution is -0.119. The number of hydrogen-bond donors (Lipinski definition) is 1. The molecule has 1 aliphatic carbocycles. The van der Waals surface area contributed by atoms with Gasteiger partial charge in [0.2, 0.25) is 0 Å². The van der Waals surface area contributed by atoms with E-state index < -0.39 is 0 Å². The zero-order chi connectivity index (χ0) is 22.5. The van der Waals surface area contributed by atoms with Gasteiger partial charge in [0.05, 0.1) is 6.42 Å². The number of piperazine rings is 1. The topological polar surface area (TPSA) is 56.4 Å². The van der Waals surface area contributed by atoms with E-state index in [4.69, 9.17) is 0 Å². The van der Waals surface area contributed by atoms with Crippen molar-refractivity contribution in [3.63, 3.8) is 0 Å². The van der Waals surface area contributed by atoms with Crippen LogP contribution in [0.1, 0.15) is 17.5 Å². The van der Waals surface area contributed by atoms with E-state index in [2.05, 4.69) is 40.0 Å². The van der Waals surface area contributed by atoms with Crippen molar-refractivity contribution in [2.24, 2.45) is 0 Å². The minimum Gasteiger partial charge on any atom is -0.369 e. The fourth-order valence-electron chi connectivity index (χ4n) is 5.20. The fraction of sp³-hybridized carbons (Fsp3) is 0.214. The monoisotopic (exact) mass is 435 g/mol. The van der Waals surface area contributed by atoms with Crippen molar-refractivity contribution in [2.45, 2.75) is 6.42 Å². The zero-order valence-electron chi connectivity index (χ0n) is 18.6. The van der Waals surface area contributed by atoms with Crippen molar-refractivity contribution in [3.8, 4) is 0 Å². The summed E-state index contributed by atoms with van der Waals surface area (Å²) in [6.07, 6.45) is 1.79. The maximum absolute atomic E-state index is 13.3. The van der Waals surface area contributed by atoms with Gasteiger partial charge in [0, 0.05) is 65.7 Å². The number of aromatic amines is 1.